The third-order valence-electron chi connectivity index (χ3n) is 8.58. The first kappa shape index (κ1) is 27.3. The molecule has 10 heteroatoms. The summed E-state index contributed by atoms with van der Waals surface area (Å²) in [6, 6.07) is 11.2. The van der Waals surface area contributed by atoms with Crippen LogP contribution >= 0.6 is 15.9 Å². The lowest BCUT2D eigenvalue weighted by atomic mass is 9.59. The lowest BCUT2D eigenvalue weighted by Gasteiger charge is -2.42. The number of allylic oxidation sites excluding steroid dienone is 7. The molecule has 0 unspecified atom stereocenters. The van der Waals surface area contributed by atoms with Gasteiger partial charge in [0.25, 0.3) is 0 Å². The van der Waals surface area contributed by atoms with Crippen LogP contribution in [-0.2, 0) is 25.6 Å². The van der Waals surface area contributed by atoms with E-state index in [2.05, 4.69) is 22.5 Å². The number of halogens is 1. The number of carbonyl (C=O) groups is 4. The molecule has 0 aromatic heterocycles. The quantitative estimate of drug-likeness (QED) is 0.204. The number of Topliss-reactive ketones (excluding diaryl/α,β-unsaturated/α-hetero) is 1. The fraction of sp³-hybridized carbons (Fsp3) is 0.226. The van der Waals surface area contributed by atoms with Crippen LogP contribution in [0.3, 0.4) is 0 Å². The number of phenols is 1. The SMILES string of the molecule is C=CCc1cccc([C@H]2C3=CC[C@@H]4C(=O)N(c5cccc(B(O)O)c5)C(=O)[C@@H]4[C@@H]3CC3=C2C(=O)C=C(Br)C3=O)c1O. The van der Waals surface area contributed by atoms with Gasteiger partial charge in [-0.05, 0) is 64.3 Å². The van der Waals surface area contributed by atoms with E-state index in [-0.39, 0.29) is 56.9 Å². The van der Waals surface area contributed by atoms with E-state index in [9.17, 15) is 34.3 Å². The molecule has 41 heavy (non-hydrogen) atoms. The second-order valence-corrected chi connectivity index (χ2v) is 11.6. The first-order valence-corrected chi connectivity index (χ1v) is 14.1. The number of para-hydroxylation sites is 1. The van der Waals surface area contributed by atoms with E-state index >= 15 is 0 Å². The highest BCUT2D eigenvalue weighted by Gasteiger charge is 2.57. The Morgan fingerprint density at radius 1 is 1.05 bits per heavy atom. The average molecular weight is 614 g/mol. The van der Waals surface area contributed by atoms with Crippen LogP contribution in [0.25, 0.3) is 0 Å². The van der Waals surface area contributed by atoms with Crippen molar-refractivity contribution in [2.45, 2.75) is 25.2 Å². The van der Waals surface area contributed by atoms with Gasteiger partial charge < -0.3 is 15.2 Å². The second-order valence-electron chi connectivity index (χ2n) is 10.7. The van der Waals surface area contributed by atoms with E-state index < -0.39 is 42.6 Å². The Morgan fingerprint density at radius 2 is 1.80 bits per heavy atom. The number of nitrogens with zero attached hydrogens (tertiary/aromatic N) is 1. The molecule has 2 aromatic carbocycles. The minimum Gasteiger partial charge on any atom is -0.507 e. The number of amides is 2. The molecule has 1 fully saturated rings. The van der Waals surface area contributed by atoms with Crippen LogP contribution in [-0.4, -0.2) is 45.7 Å². The highest BCUT2D eigenvalue weighted by atomic mass is 79.9. The predicted octanol–water partition coefficient (Wildman–Crippen LogP) is 2.77. The molecule has 206 valence electrons. The van der Waals surface area contributed by atoms with E-state index in [1.165, 1.54) is 18.2 Å². The van der Waals surface area contributed by atoms with Gasteiger partial charge in [-0.25, -0.2) is 0 Å². The molecule has 2 amide bonds. The first-order valence-electron chi connectivity index (χ1n) is 13.3. The lowest BCUT2D eigenvalue weighted by Crippen LogP contribution is -2.39. The van der Waals surface area contributed by atoms with Crippen LogP contribution < -0.4 is 10.4 Å². The standard InChI is InChI=1S/C31H25BBrNO7/c1-2-5-15-6-3-9-19(28(15)36)25-18-10-11-20-26(21(18)13-22-27(25)24(35)14-23(33)29(22)37)31(39)34(30(20)38)17-8-4-7-16(12-17)32(40)41/h2-4,6-10,12,14,20-21,25-26,36,40-41H,1,5,11,13H2/t20-,21+,25+,26-/m0/s1. The Morgan fingerprint density at radius 3 is 2.54 bits per heavy atom. The maximum Gasteiger partial charge on any atom is 0.488 e. The molecule has 0 bridgehead atoms. The molecule has 3 N–H and O–H groups in total. The number of ketones is 2. The Balaban J connectivity index is 1.49. The highest BCUT2D eigenvalue weighted by molar-refractivity contribution is 9.12. The third kappa shape index (κ3) is 4.20. The molecule has 3 aliphatic carbocycles. The molecule has 0 saturated carbocycles. The molecule has 8 nitrogen and oxygen atoms in total. The van der Waals surface area contributed by atoms with Crippen molar-refractivity contribution in [1.82, 2.24) is 0 Å². The zero-order valence-electron chi connectivity index (χ0n) is 21.8. The number of anilines is 1. The number of imide groups is 1. The smallest absolute Gasteiger partial charge is 0.488 e. The van der Waals surface area contributed by atoms with Crippen LogP contribution in [0.2, 0.25) is 0 Å². The van der Waals surface area contributed by atoms with Gasteiger partial charge in [-0.1, -0.05) is 48.1 Å². The van der Waals surface area contributed by atoms with Gasteiger partial charge in [0.1, 0.15) is 5.75 Å². The van der Waals surface area contributed by atoms with Gasteiger partial charge in [-0.2, -0.15) is 0 Å². The summed E-state index contributed by atoms with van der Waals surface area (Å²) in [5.74, 6) is -4.38. The zero-order chi connectivity index (χ0) is 29.2. The average Bonchev–Trinajstić information content (AvgIpc) is 3.21. The summed E-state index contributed by atoms with van der Waals surface area (Å²) in [5, 5.41) is 30.6. The number of fused-ring (bicyclic) bond motifs is 3. The number of hydrogen-bond acceptors (Lipinski definition) is 7. The highest BCUT2D eigenvalue weighted by Crippen LogP contribution is 2.56. The van der Waals surface area contributed by atoms with E-state index in [0.29, 0.717) is 17.5 Å². The molecule has 0 radical (unpaired) electrons. The van der Waals surface area contributed by atoms with Gasteiger partial charge in [-0.3, -0.25) is 24.1 Å². The van der Waals surface area contributed by atoms with Gasteiger partial charge in [0.15, 0.2) is 11.6 Å². The van der Waals surface area contributed by atoms with Gasteiger partial charge in [0, 0.05) is 28.7 Å². The van der Waals surface area contributed by atoms with Crippen molar-refractivity contribution in [3.63, 3.8) is 0 Å². The van der Waals surface area contributed by atoms with Crippen molar-refractivity contribution in [2.24, 2.45) is 17.8 Å². The number of aromatic hydroxyl groups is 1. The minimum atomic E-state index is -1.77. The van der Waals surface area contributed by atoms with Gasteiger partial charge in [0.05, 0.1) is 22.0 Å². The van der Waals surface area contributed by atoms with Crippen LogP contribution in [0.4, 0.5) is 5.69 Å². The van der Waals surface area contributed by atoms with E-state index in [0.717, 1.165) is 10.5 Å². The van der Waals surface area contributed by atoms with Gasteiger partial charge in [-0.15, -0.1) is 6.58 Å². The van der Waals surface area contributed by atoms with E-state index in [4.69, 9.17) is 0 Å². The second kappa shape index (κ2) is 10.2. The summed E-state index contributed by atoms with van der Waals surface area (Å²) < 4.78 is 0.124. The monoisotopic (exact) mass is 613 g/mol. The molecule has 1 aliphatic heterocycles. The number of rotatable bonds is 5. The Labute approximate surface area is 244 Å². The van der Waals surface area contributed by atoms with Crippen LogP contribution in [0.5, 0.6) is 5.75 Å². The molecule has 4 aliphatic rings. The summed E-state index contributed by atoms with van der Waals surface area (Å²) in [6.45, 7) is 3.75. The van der Waals surface area contributed by atoms with E-state index in [1.54, 1.807) is 36.4 Å². The Bertz CT molecular complexity index is 1660. The predicted molar refractivity (Wildman–Crippen MR) is 155 cm³/mol. The summed E-state index contributed by atoms with van der Waals surface area (Å²) >= 11 is 3.21. The summed E-state index contributed by atoms with van der Waals surface area (Å²) in [5.41, 5.74) is 2.73. The zero-order valence-corrected chi connectivity index (χ0v) is 23.4. The topological polar surface area (TPSA) is 132 Å². The molecule has 0 spiro atoms. The number of benzene rings is 2. The van der Waals surface area contributed by atoms with Crippen molar-refractivity contribution < 1.29 is 34.3 Å². The maximum absolute atomic E-state index is 14.0. The van der Waals surface area contributed by atoms with Crippen LogP contribution in [0, 0.1) is 17.8 Å². The molecule has 1 saturated heterocycles. The summed E-state index contributed by atoms with van der Waals surface area (Å²) in [7, 11) is -1.77. The molecule has 6 rings (SSSR count). The fourth-order valence-corrected chi connectivity index (χ4v) is 7.25. The largest absolute Gasteiger partial charge is 0.507 e. The molecule has 4 atom stereocenters. The Hall–Kier alpha value is -3.86. The van der Waals surface area contributed by atoms with Crippen molar-refractivity contribution in [3.8, 4) is 5.75 Å². The van der Waals surface area contributed by atoms with Crippen molar-refractivity contribution >= 4 is 57.6 Å². The molecular weight excluding hydrogens is 589 g/mol. The number of hydrogen-bond donors (Lipinski definition) is 3. The molecule has 1 heterocycles. The van der Waals surface area contributed by atoms with Crippen molar-refractivity contribution in [1.29, 1.82) is 0 Å². The minimum absolute atomic E-state index is 0.00313. The van der Waals surface area contributed by atoms with Gasteiger partial charge in [0.2, 0.25) is 11.8 Å². The number of phenolic OH excluding ortho intramolecular Hbond substituents is 1. The number of carbonyl (C=O) groups excluding carboxylic acids is 4. The first-order chi connectivity index (χ1) is 19.6. The fourth-order valence-electron chi connectivity index (χ4n) is 6.81. The van der Waals surface area contributed by atoms with Crippen molar-refractivity contribution in [2.75, 3.05) is 4.90 Å². The van der Waals surface area contributed by atoms with Crippen LogP contribution in [0.15, 0.2) is 88.5 Å². The molecular formula is C31H25BBrNO7. The van der Waals surface area contributed by atoms with Crippen LogP contribution in [0.1, 0.15) is 29.9 Å². The normalized spacial score (nSPS) is 25.4. The summed E-state index contributed by atoms with van der Waals surface area (Å²) in [6.07, 6.45) is 5.53. The third-order valence-corrected chi connectivity index (χ3v) is 9.17. The molecule has 2 aromatic rings. The Kier molecular flexibility index (Phi) is 6.80. The summed E-state index contributed by atoms with van der Waals surface area (Å²) in [4.78, 5) is 55.6. The van der Waals surface area contributed by atoms with Crippen molar-refractivity contribution in [3.05, 3.63) is 99.6 Å². The maximum atomic E-state index is 14.0. The van der Waals surface area contributed by atoms with Gasteiger partial charge >= 0.3 is 7.12 Å². The van der Waals surface area contributed by atoms with E-state index in [1.807, 2.05) is 6.08 Å². The lowest BCUT2D eigenvalue weighted by molar-refractivity contribution is -0.123.